The molecule has 2 rings (SSSR count). The summed E-state index contributed by atoms with van der Waals surface area (Å²) in [5.74, 6) is 0.0601. The molecule has 0 aliphatic heterocycles. The number of carbonyl (C=O) groups excluding carboxylic acids is 1. The topological polar surface area (TPSA) is 106 Å². The largest absolute Gasteiger partial charge is 0.475 e. The van der Waals surface area contributed by atoms with Crippen molar-refractivity contribution in [3.05, 3.63) is 6.33 Å². The highest BCUT2D eigenvalue weighted by molar-refractivity contribution is 5.91. The summed E-state index contributed by atoms with van der Waals surface area (Å²) >= 11 is 0. The Bertz CT molecular complexity index is 700. The minimum Gasteiger partial charge on any atom is -0.475 e. The molecule has 21 heavy (non-hydrogen) atoms. The minimum atomic E-state index is -0.182. The fourth-order valence-electron chi connectivity index (χ4n) is 1.59. The van der Waals surface area contributed by atoms with E-state index in [-0.39, 0.29) is 36.7 Å². The number of aromatic nitrogens is 4. The van der Waals surface area contributed by atoms with Crippen LogP contribution in [0.1, 0.15) is 20.3 Å². The van der Waals surface area contributed by atoms with Gasteiger partial charge in [-0.15, -0.1) is 0 Å². The number of carbonyl (C=O) groups is 1. The molecule has 1 amide bonds. The molecule has 1 N–H and O–H groups in total. The van der Waals surface area contributed by atoms with E-state index in [1.54, 1.807) is 31.8 Å². The highest BCUT2D eigenvalue weighted by atomic mass is 16.5. The molecule has 0 saturated carbocycles. The maximum absolute atomic E-state index is 11.7. The van der Waals surface area contributed by atoms with Crippen LogP contribution in [0.25, 0.3) is 11.2 Å². The molecule has 8 heteroatoms. The molecule has 0 bridgehead atoms. The minimum absolute atomic E-state index is 0.164. The van der Waals surface area contributed by atoms with Crippen LogP contribution in [0.4, 0.5) is 5.95 Å². The van der Waals surface area contributed by atoms with Crippen LogP contribution >= 0.6 is 0 Å². The van der Waals surface area contributed by atoms with Crippen LogP contribution in [0.15, 0.2) is 6.33 Å². The molecule has 0 aromatic carbocycles. The number of hydrogen-bond acceptors (Lipinski definition) is 6. The molecular weight excluding hydrogens is 272 g/mol. The van der Waals surface area contributed by atoms with Crippen LogP contribution in [0, 0.1) is 17.2 Å². The molecular formula is C13H16N6O2. The second-order valence-corrected chi connectivity index (χ2v) is 4.78. The Balaban J connectivity index is 2.36. The van der Waals surface area contributed by atoms with E-state index in [1.807, 2.05) is 6.07 Å². The number of nitriles is 1. The van der Waals surface area contributed by atoms with Gasteiger partial charge in [0.2, 0.25) is 17.7 Å². The van der Waals surface area contributed by atoms with Crippen molar-refractivity contribution in [1.82, 2.24) is 19.5 Å². The zero-order chi connectivity index (χ0) is 15.4. The zero-order valence-electron chi connectivity index (χ0n) is 12.1. The summed E-state index contributed by atoms with van der Waals surface area (Å²) < 4.78 is 7.16. The SMILES string of the molecule is CC(C)C(=O)Nc1nc(OCCC#N)c2ncn(C)c2n1. The molecule has 0 spiro atoms. The lowest BCUT2D eigenvalue weighted by molar-refractivity contribution is -0.118. The number of hydrogen-bond donors (Lipinski definition) is 1. The number of rotatable bonds is 5. The fourth-order valence-corrected chi connectivity index (χ4v) is 1.59. The Hall–Kier alpha value is -2.69. The lowest BCUT2D eigenvalue weighted by Crippen LogP contribution is -2.19. The maximum Gasteiger partial charge on any atom is 0.247 e. The van der Waals surface area contributed by atoms with Gasteiger partial charge in [-0.05, 0) is 0 Å². The van der Waals surface area contributed by atoms with Gasteiger partial charge < -0.3 is 9.30 Å². The maximum atomic E-state index is 11.7. The first-order chi connectivity index (χ1) is 10.0. The van der Waals surface area contributed by atoms with E-state index < -0.39 is 0 Å². The summed E-state index contributed by atoms with van der Waals surface area (Å²) in [6.45, 7) is 3.77. The third-order valence-electron chi connectivity index (χ3n) is 2.74. The molecule has 0 unspecified atom stereocenters. The number of anilines is 1. The van der Waals surface area contributed by atoms with Gasteiger partial charge in [-0.25, -0.2) is 4.98 Å². The summed E-state index contributed by atoms with van der Waals surface area (Å²) in [4.78, 5) is 24.3. The van der Waals surface area contributed by atoms with Gasteiger partial charge >= 0.3 is 0 Å². The van der Waals surface area contributed by atoms with E-state index >= 15 is 0 Å². The lowest BCUT2D eigenvalue weighted by Gasteiger charge is -2.09. The first-order valence-corrected chi connectivity index (χ1v) is 6.52. The normalized spacial score (nSPS) is 10.6. The molecule has 0 aliphatic rings. The van der Waals surface area contributed by atoms with Gasteiger partial charge in [-0.3, -0.25) is 10.1 Å². The van der Waals surface area contributed by atoms with Crippen molar-refractivity contribution in [2.75, 3.05) is 11.9 Å². The van der Waals surface area contributed by atoms with Gasteiger partial charge in [-0.1, -0.05) is 13.8 Å². The first kappa shape index (κ1) is 14.7. The summed E-state index contributed by atoms with van der Waals surface area (Å²) in [6.07, 6.45) is 1.83. The number of imidazole rings is 1. The number of fused-ring (bicyclic) bond motifs is 1. The number of amides is 1. The van der Waals surface area contributed by atoms with Crippen LogP contribution < -0.4 is 10.1 Å². The van der Waals surface area contributed by atoms with Gasteiger partial charge in [0.05, 0.1) is 18.8 Å². The van der Waals surface area contributed by atoms with E-state index in [4.69, 9.17) is 10.00 Å². The molecule has 2 aromatic heterocycles. The summed E-state index contributed by atoms with van der Waals surface area (Å²) in [5, 5.41) is 11.2. The van der Waals surface area contributed by atoms with E-state index in [0.29, 0.717) is 11.2 Å². The molecule has 2 aromatic rings. The Kier molecular flexibility index (Phi) is 4.33. The molecule has 8 nitrogen and oxygen atoms in total. The van der Waals surface area contributed by atoms with E-state index in [9.17, 15) is 4.79 Å². The van der Waals surface area contributed by atoms with Crippen LogP contribution in [-0.4, -0.2) is 32.0 Å². The predicted octanol–water partition coefficient (Wildman–Crippen LogP) is 1.25. The monoisotopic (exact) mass is 288 g/mol. The van der Waals surface area contributed by atoms with Crippen molar-refractivity contribution >= 4 is 23.0 Å². The van der Waals surface area contributed by atoms with Crippen LogP contribution in [-0.2, 0) is 11.8 Å². The predicted molar refractivity (Wildman–Crippen MR) is 75.5 cm³/mol. The summed E-state index contributed by atoms with van der Waals surface area (Å²) in [5.41, 5.74) is 1.05. The lowest BCUT2D eigenvalue weighted by atomic mass is 10.2. The summed E-state index contributed by atoms with van der Waals surface area (Å²) in [7, 11) is 1.79. The second kappa shape index (κ2) is 6.17. The van der Waals surface area contributed by atoms with Crippen molar-refractivity contribution in [3.63, 3.8) is 0 Å². The smallest absolute Gasteiger partial charge is 0.247 e. The van der Waals surface area contributed by atoms with Crippen LogP contribution in [0.2, 0.25) is 0 Å². The van der Waals surface area contributed by atoms with Gasteiger partial charge in [0.15, 0.2) is 11.2 Å². The average Bonchev–Trinajstić information content (AvgIpc) is 2.81. The third kappa shape index (κ3) is 3.25. The molecule has 2 heterocycles. The van der Waals surface area contributed by atoms with Gasteiger partial charge in [0, 0.05) is 13.0 Å². The number of nitrogens with zero attached hydrogens (tertiary/aromatic N) is 5. The van der Waals surface area contributed by atoms with Crippen molar-refractivity contribution in [2.24, 2.45) is 13.0 Å². The quantitative estimate of drug-likeness (QED) is 0.830. The highest BCUT2D eigenvalue weighted by Crippen LogP contribution is 2.22. The molecule has 0 atom stereocenters. The average molecular weight is 288 g/mol. The van der Waals surface area contributed by atoms with Crippen molar-refractivity contribution in [1.29, 1.82) is 5.26 Å². The Morgan fingerprint density at radius 3 is 2.95 bits per heavy atom. The van der Waals surface area contributed by atoms with Gasteiger partial charge in [-0.2, -0.15) is 15.2 Å². The summed E-state index contributed by atoms with van der Waals surface area (Å²) in [6, 6.07) is 1.99. The van der Waals surface area contributed by atoms with Gasteiger partial charge in [0.1, 0.15) is 6.61 Å². The fraction of sp³-hybridized carbons (Fsp3) is 0.462. The molecule has 0 fully saturated rings. The number of ether oxygens (including phenoxy) is 1. The first-order valence-electron chi connectivity index (χ1n) is 6.52. The van der Waals surface area contributed by atoms with E-state index in [1.165, 1.54) is 0 Å². The third-order valence-corrected chi connectivity index (χ3v) is 2.74. The Morgan fingerprint density at radius 2 is 2.29 bits per heavy atom. The Morgan fingerprint density at radius 1 is 1.52 bits per heavy atom. The second-order valence-electron chi connectivity index (χ2n) is 4.78. The molecule has 0 aliphatic carbocycles. The molecule has 0 saturated heterocycles. The number of aryl methyl sites for hydroxylation is 1. The van der Waals surface area contributed by atoms with Crippen LogP contribution in [0.5, 0.6) is 5.88 Å². The van der Waals surface area contributed by atoms with Crippen molar-refractivity contribution in [2.45, 2.75) is 20.3 Å². The van der Waals surface area contributed by atoms with Gasteiger partial charge in [0.25, 0.3) is 0 Å². The molecule has 110 valence electrons. The standard InChI is InChI=1S/C13H16N6O2/c1-8(2)11(20)17-13-16-10-9(15-7-19(10)3)12(18-13)21-6-4-5-14/h7-8H,4,6H2,1-3H3,(H,16,17,18,20). The van der Waals surface area contributed by atoms with Crippen LogP contribution in [0.3, 0.4) is 0 Å². The van der Waals surface area contributed by atoms with E-state index in [0.717, 1.165) is 0 Å². The zero-order valence-corrected chi connectivity index (χ0v) is 12.1. The number of nitrogens with one attached hydrogen (secondary N) is 1. The Labute approximate surface area is 121 Å². The highest BCUT2D eigenvalue weighted by Gasteiger charge is 2.16. The van der Waals surface area contributed by atoms with E-state index in [2.05, 4.69) is 20.3 Å². The van der Waals surface area contributed by atoms with Crippen molar-refractivity contribution in [3.8, 4) is 11.9 Å². The van der Waals surface area contributed by atoms with Crippen molar-refractivity contribution < 1.29 is 9.53 Å². The molecule has 0 radical (unpaired) electrons.